The van der Waals surface area contributed by atoms with Crippen molar-refractivity contribution >= 4 is 34.0 Å². The number of carbonyl (C=O) groups is 2. The zero-order valence-corrected chi connectivity index (χ0v) is 17.6. The van der Waals surface area contributed by atoms with Crippen LogP contribution < -0.4 is 15.4 Å². The summed E-state index contributed by atoms with van der Waals surface area (Å²) < 4.78 is 18.7. The second-order valence-corrected chi connectivity index (χ2v) is 7.56. The lowest BCUT2D eigenvalue weighted by Gasteiger charge is -2.06. The highest BCUT2D eigenvalue weighted by Crippen LogP contribution is 2.26. The molecule has 160 valence electrons. The number of rotatable bonds is 7. The van der Waals surface area contributed by atoms with Gasteiger partial charge in [0, 0.05) is 22.2 Å². The first-order valence-electron chi connectivity index (χ1n) is 9.68. The summed E-state index contributed by atoms with van der Waals surface area (Å²) in [6, 6.07) is 22.1. The fourth-order valence-electron chi connectivity index (χ4n) is 2.84. The van der Waals surface area contributed by atoms with E-state index in [1.807, 2.05) is 35.7 Å². The molecule has 0 saturated heterocycles. The first kappa shape index (κ1) is 21.2. The average molecular weight is 447 g/mol. The normalized spacial score (nSPS) is 10.4. The van der Waals surface area contributed by atoms with Crippen LogP contribution in [0.15, 0.2) is 84.2 Å². The van der Waals surface area contributed by atoms with Crippen molar-refractivity contribution in [1.82, 2.24) is 4.98 Å². The summed E-state index contributed by atoms with van der Waals surface area (Å²) in [6.45, 7) is -0.328. The third kappa shape index (κ3) is 5.35. The molecule has 0 aliphatic carbocycles. The molecule has 0 aliphatic heterocycles. The summed E-state index contributed by atoms with van der Waals surface area (Å²) in [5.41, 5.74) is 2.76. The van der Waals surface area contributed by atoms with E-state index < -0.39 is 11.7 Å². The van der Waals surface area contributed by atoms with E-state index in [9.17, 15) is 14.0 Å². The number of para-hydroxylation sites is 1. The zero-order valence-electron chi connectivity index (χ0n) is 16.7. The highest BCUT2D eigenvalue weighted by molar-refractivity contribution is 7.14. The molecule has 3 aromatic carbocycles. The molecule has 1 aromatic heterocycles. The molecule has 0 atom stereocenters. The minimum absolute atomic E-state index is 0.0157. The molecule has 6 nitrogen and oxygen atoms in total. The van der Waals surface area contributed by atoms with Crippen molar-refractivity contribution in [3.05, 3.63) is 95.6 Å². The van der Waals surface area contributed by atoms with Crippen molar-refractivity contribution in [2.75, 3.05) is 17.2 Å². The van der Waals surface area contributed by atoms with E-state index in [-0.39, 0.29) is 18.3 Å². The number of ether oxygens (including phenoxy) is 1. The SMILES string of the molecule is O=C(COc1ccccc1F)Nc1nc(-c2ccc(NC(=O)c3ccccc3)cc2)cs1. The number of hydrogen-bond acceptors (Lipinski definition) is 5. The van der Waals surface area contributed by atoms with Crippen molar-refractivity contribution in [1.29, 1.82) is 0 Å². The number of nitrogens with one attached hydrogen (secondary N) is 2. The molecule has 2 N–H and O–H groups in total. The third-order valence-electron chi connectivity index (χ3n) is 4.42. The van der Waals surface area contributed by atoms with Gasteiger partial charge in [-0.05, 0) is 36.4 Å². The highest BCUT2D eigenvalue weighted by atomic mass is 32.1. The van der Waals surface area contributed by atoms with E-state index in [2.05, 4.69) is 15.6 Å². The van der Waals surface area contributed by atoms with Gasteiger partial charge in [-0.3, -0.25) is 14.9 Å². The maximum absolute atomic E-state index is 13.6. The second kappa shape index (κ2) is 9.84. The van der Waals surface area contributed by atoms with E-state index in [0.29, 0.717) is 22.1 Å². The van der Waals surface area contributed by atoms with Crippen LogP contribution in [0, 0.1) is 5.82 Å². The molecule has 1 heterocycles. The molecular weight excluding hydrogens is 429 g/mol. The minimum Gasteiger partial charge on any atom is -0.481 e. The topological polar surface area (TPSA) is 80.3 Å². The van der Waals surface area contributed by atoms with Gasteiger partial charge in [-0.25, -0.2) is 9.37 Å². The number of halogens is 1. The molecular formula is C24H18FN3O3S. The summed E-state index contributed by atoms with van der Waals surface area (Å²) in [4.78, 5) is 28.7. The van der Waals surface area contributed by atoms with E-state index in [4.69, 9.17) is 4.74 Å². The van der Waals surface area contributed by atoms with Gasteiger partial charge in [0.15, 0.2) is 23.3 Å². The van der Waals surface area contributed by atoms with Crippen LogP contribution in [0.5, 0.6) is 5.75 Å². The molecule has 0 aliphatic rings. The Morgan fingerprint density at radius 1 is 0.906 bits per heavy atom. The Morgan fingerprint density at radius 3 is 2.38 bits per heavy atom. The number of carbonyl (C=O) groups excluding carboxylic acids is 2. The van der Waals surface area contributed by atoms with Crippen molar-refractivity contribution in [3.63, 3.8) is 0 Å². The zero-order chi connectivity index (χ0) is 22.3. The van der Waals surface area contributed by atoms with E-state index in [0.717, 1.165) is 5.56 Å². The van der Waals surface area contributed by atoms with Crippen molar-refractivity contribution in [3.8, 4) is 17.0 Å². The van der Waals surface area contributed by atoms with E-state index in [1.54, 1.807) is 36.4 Å². The summed E-state index contributed by atoms with van der Waals surface area (Å²) in [6.07, 6.45) is 0. The van der Waals surface area contributed by atoms with Gasteiger partial charge in [0.1, 0.15) is 0 Å². The molecule has 32 heavy (non-hydrogen) atoms. The number of hydrogen-bond donors (Lipinski definition) is 2. The summed E-state index contributed by atoms with van der Waals surface area (Å²) >= 11 is 1.27. The van der Waals surface area contributed by atoms with Gasteiger partial charge in [0.25, 0.3) is 11.8 Å². The number of thiazole rings is 1. The van der Waals surface area contributed by atoms with Gasteiger partial charge < -0.3 is 10.1 Å². The lowest BCUT2D eigenvalue weighted by atomic mass is 10.1. The molecule has 2 amide bonds. The van der Waals surface area contributed by atoms with Gasteiger partial charge in [-0.15, -0.1) is 11.3 Å². The molecule has 0 unspecified atom stereocenters. The van der Waals surface area contributed by atoms with Gasteiger partial charge >= 0.3 is 0 Å². The van der Waals surface area contributed by atoms with Crippen LogP contribution in [0.25, 0.3) is 11.3 Å². The van der Waals surface area contributed by atoms with Gasteiger partial charge in [0.2, 0.25) is 0 Å². The third-order valence-corrected chi connectivity index (χ3v) is 5.18. The maximum atomic E-state index is 13.6. The number of benzene rings is 3. The monoisotopic (exact) mass is 447 g/mol. The Labute approximate surface area is 187 Å². The summed E-state index contributed by atoms with van der Waals surface area (Å²) in [7, 11) is 0. The van der Waals surface area contributed by atoms with Crippen LogP contribution in [-0.2, 0) is 4.79 Å². The van der Waals surface area contributed by atoms with Crippen molar-refractivity contribution < 1.29 is 18.7 Å². The molecule has 0 radical (unpaired) electrons. The summed E-state index contributed by atoms with van der Waals surface area (Å²) in [5, 5.41) is 7.70. The van der Waals surface area contributed by atoms with Crippen LogP contribution >= 0.6 is 11.3 Å². The Balaban J connectivity index is 1.33. The molecule has 0 bridgehead atoms. The Bertz CT molecular complexity index is 1230. The number of anilines is 2. The summed E-state index contributed by atoms with van der Waals surface area (Å²) in [5.74, 6) is -1.13. The Hall–Kier alpha value is -4.04. The van der Waals surface area contributed by atoms with Crippen LogP contribution in [0.4, 0.5) is 15.2 Å². The predicted octanol–water partition coefficient (Wildman–Crippen LogP) is 5.22. The Morgan fingerprint density at radius 2 is 1.62 bits per heavy atom. The van der Waals surface area contributed by atoms with E-state index >= 15 is 0 Å². The van der Waals surface area contributed by atoms with Gasteiger partial charge in [-0.2, -0.15) is 0 Å². The first-order valence-corrected chi connectivity index (χ1v) is 10.6. The molecule has 0 spiro atoms. The fraction of sp³-hybridized carbons (Fsp3) is 0.0417. The van der Waals surface area contributed by atoms with Crippen LogP contribution in [0.3, 0.4) is 0 Å². The highest BCUT2D eigenvalue weighted by Gasteiger charge is 2.11. The molecule has 4 aromatic rings. The molecule has 8 heteroatoms. The average Bonchev–Trinajstić information content (AvgIpc) is 3.28. The Kier molecular flexibility index (Phi) is 6.52. The quantitative estimate of drug-likeness (QED) is 0.407. The number of nitrogens with zero attached hydrogens (tertiary/aromatic N) is 1. The van der Waals surface area contributed by atoms with Crippen LogP contribution in [0.2, 0.25) is 0 Å². The second-order valence-electron chi connectivity index (χ2n) is 6.70. The van der Waals surface area contributed by atoms with Gasteiger partial charge in [-0.1, -0.05) is 42.5 Å². The fourth-order valence-corrected chi connectivity index (χ4v) is 3.58. The standard InChI is InChI=1S/C24H18FN3O3S/c25-19-8-4-5-9-21(19)31-14-22(29)28-24-27-20(15-32-24)16-10-12-18(13-11-16)26-23(30)17-6-2-1-3-7-17/h1-13,15H,14H2,(H,26,30)(H,27,28,29). The molecule has 0 fully saturated rings. The van der Waals surface area contributed by atoms with Crippen molar-refractivity contribution in [2.45, 2.75) is 0 Å². The largest absolute Gasteiger partial charge is 0.481 e. The lowest BCUT2D eigenvalue weighted by Crippen LogP contribution is -2.20. The van der Waals surface area contributed by atoms with E-state index in [1.165, 1.54) is 23.5 Å². The lowest BCUT2D eigenvalue weighted by molar-refractivity contribution is -0.118. The number of aromatic nitrogens is 1. The van der Waals surface area contributed by atoms with Crippen LogP contribution in [-0.4, -0.2) is 23.4 Å². The number of amides is 2. The van der Waals surface area contributed by atoms with Crippen molar-refractivity contribution in [2.24, 2.45) is 0 Å². The molecule has 4 rings (SSSR count). The predicted molar refractivity (Wildman–Crippen MR) is 122 cm³/mol. The first-order chi connectivity index (χ1) is 15.6. The maximum Gasteiger partial charge on any atom is 0.264 e. The van der Waals surface area contributed by atoms with Gasteiger partial charge in [0.05, 0.1) is 5.69 Å². The minimum atomic E-state index is -0.528. The smallest absolute Gasteiger partial charge is 0.264 e. The molecule has 0 saturated carbocycles. The van der Waals surface area contributed by atoms with Crippen LogP contribution in [0.1, 0.15) is 10.4 Å².